The topological polar surface area (TPSA) is 65.7 Å². The molecule has 0 aliphatic rings. The molecule has 1 aromatic heterocycles. The Morgan fingerprint density at radius 3 is 2.21 bits per heavy atom. The molecule has 78 valence electrons. The molecule has 0 aliphatic heterocycles. The molecule has 0 fully saturated rings. The average molecular weight is 247 g/mol. The van der Waals surface area contributed by atoms with Crippen LogP contribution in [0.2, 0.25) is 5.15 Å². The second-order valence-corrected chi connectivity index (χ2v) is 3.55. The Kier molecular flexibility index (Phi) is 2.95. The number of H-pyrrole nitrogens is 2. The predicted octanol–water partition coefficient (Wildman–Crippen LogP) is 1.33. The fourth-order valence-electron chi connectivity index (χ4n) is 0.654. The van der Waals surface area contributed by atoms with E-state index in [1.54, 1.807) is 4.98 Å². The first kappa shape index (κ1) is 11.2. The Balaban J connectivity index is 3.23. The summed E-state index contributed by atoms with van der Waals surface area (Å²) in [6.45, 7) is 0. The minimum Gasteiger partial charge on any atom is -0.297 e. The minimum atomic E-state index is -4.63. The summed E-state index contributed by atoms with van der Waals surface area (Å²) >= 11 is 4.56. The van der Waals surface area contributed by atoms with E-state index in [1.807, 2.05) is 4.98 Å². The van der Waals surface area contributed by atoms with E-state index in [0.717, 1.165) is 0 Å². The largest absolute Gasteiger partial charge is 0.446 e. The standard InChI is InChI=1S/C5H2ClF3N2O2S/c6-2-1(14-5(7,8)9)3(12)11-4(13)10-2/h(H2,10,11,12,13). The van der Waals surface area contributed by atoms with Crippen molar-refractivity contribution in [3.05, 3.63) is 26.0 Å². The van der Waals surface area contributed by atoms with Gasteiger partial charge in [-0.05, 0) is 11.8 Å². The van der Waals surface area contributed by atoms with Gasteiger partial charge in [-0.3, -0.25) is 14.8 Å². The van der Waals surface area contributed by atoms with E-state index in [0.29, 0.717) is 0 Å². The number of hydrogen-bond donors (Lipinski definition) is 2. The molecule has 0 saturated heterocycles. The predicted molar refractivity (Wildman–Crippen MR) is 44.6 cm³/mol. The molecule has 0 amide bonds. The summed E-state index contributed by atoms with van der Waals surface area (Å²) in [5.74, 6) is 0. The van der Waals surface area contributed by atoms with Crippen LogP contribution in [0.25, 0.3) is 0 Å². The van der Waals surface area contributed by atoms with Crippen LogP contribution in [0.15, 0.2) is 14.5 Å². The SMILES string of the molecule is O=c1[nH]c(Cl)c(SC(F)(F)F)c(=O)[nH]1. The van der Waals surface area contributed by atoms with Crippen molar-refractivity contribution in [2.24, 2.45) is 0 Å². The lowest BCUT2D eigenvalue weighted by Crippen LogP contribution is -2.24. The molecule has 0 aromatic carbocycles. The molecule has 1 heterocycles. The smallest absolute Gasteiger partial charge is 0.297 e. The highest BCUT2D eigenvalue weighted by Crippen LogP contribution is 2.36. The highest BCUT2D eigenvalue weighted by molar-refractivity contribution is 8.00. The number of alkyl halides is 3. The van der Waals surface area contributed by atoms with Crippen LogP contribution in [0.5, 0.6) is 0 Å². The number of aromatic nitrogens is 2. The van der Waals surface area contributed by atoms with Gasteiger partial charge in [-0.2, -0.15) is 13.2 Å². The molecule has 0 aliphatic carbocycles. The molecule has 0 radical (unpaired) electrons. The quantitative estimate of drug-likeness (QED) is 0.580. The third-order valence-electron chi connectivity index (χ3n) is 1.07. The van der Waals surface area contributed by atoms with Crippen molar-refractivity contribution < 1.29 is 13.2 Å². The number of aromatic amines is 2. The fraction of sp³-hybridized carbons (Fsp3) is 0.200. The number of halogens is 4. The maximum absolute atomic E-state index is 11.9. The van der Waals surface area contributed by atoms with Crippen molar-refractivity contribution in [2.75, 3.05) is 0 Å². The molecule has 1 aromatic rings. The number of thioether (sulfide) groups is 1. The second-order valence-electron chi connectivity index (χ2n) is 2.10. The molecule has 0 unspecified atom stereocenters. The molecule has 1 rings (SSSR count). The Morgan fingerprint density at radius 1 is 1.21 bits per heavy atom. The molecule has 4 nitrogen and oxygen atoms in total. The molecular weight excluding hydrogens is 245 g/mol. The lowest BCUT2D eigenvalue weighted by atomic mass is 10.6. The lowest BCUT2D eigenvalue weighted by molar-refractivity contribution is -0.0328. The number of hydrogen-bond acceptors (Lipinski definition) is 3. The normalized spacial score (nSPS) is 11.7. The Morgan fingerprint density at radius 2 is 1.79 bits per heavy atom. The molecule has 0 saturated carbocycles. The number of rotatable bonds is 1. The highest BCUT2D eigenvalue weighted by atomic mass is 35.5. The highest BCUT2D eigenvalue weighted by Gasteiger charge is 2.32. The molecule has 0 atom stereocenters. The van der Waals surface area contributed by atoms with Crippen molar-refractivity contribution in [2.45, 2.75) is 10.4 Å². The van der Waals surface area contributed by atoms with E-state index < -0.39 is 38.6 Å². The first-order chi connectivity index (χ1) is 6.29. The van der Waals surface area contributed by atoms with Crippen LogP contribution < -0.4 is 11.2 Å². The summed E-state index contributed by atoms with van der Waals surface area (Å²) in [7, 11) is 0. The summed E-state index contributed by atoms with van der Waals surface area (Å²) in [6.07, 6.45) is 0. The summed E-state index contributed by atoms with van der Waals surface area (Å²) in [4.78, 5) is 24.1. The molecule has 0 bridgehead atoms. The number of nitrogens with one attached hydrogen (secondary N) is 2. The van der Waals surface area contributed by atoms with Crippen LogP contribution in [0.4, 0.5) is 13.2 Å². The maximum atomic E-state index is 11.9. The Labute approximate surface area is 83.5 Å². The zero-order valence-corrected chi connectivity index (χ0v) is 7.81. The van der Waals surface area contributed by atoms with E-state index >= 15 is 0 Å². The van der Waals surface area contributed by atoms with Gasteiger partial charge in [0.15, 0.2) is 0 Å². The first-order valence-electron chi connectivity index (χ1n) is 3.07. The van der Waals surface area contributed by atoms with Crippen molar-refractivity contribution in [3.8, 4) is 0 Å². The molecular formula is C5H2ClF3N2O2S. The van der Waals surface area contributed by atoms with Crippen LogP contribution >= 0.6 is 23.4 Å². The summed E-state index contributed by atoms with van der Waals surface area (Å²) in [5.41, 5.74) is -6.75. The van der Waals surface area contributed by atoms with Gasteiger partial charge >= 0.3 is 11.2 Å². The van der Waals surface area contributed by atoms with Gasteiger partial charge in [0.25, 0.3) is 5.56 Å². The van der Waals surface area contributed by atoms with Crippen LogP contribution in [0, 0.1) is 0 Å². The maximum Gasteiger partial charge on any atom is 0.446 e. The van der Waals surface area contributed by atoms with E-state index in [-0.39, 0.29) is 0 Å². The zero-order valence-electron chi connectivity index (χ0n) is 6.24. The van der Waals surface area contributed by atoms with Gasteiger partial charge in [0.2, 0.25) is 0 Å². The first-order valence-corrected chi connectivity index (χ1v) is 4.27. The molecule has 2 N–H and O–H groups in total. The van der Waals surface area contributed by atoms with Crippen LogP contribution in [-0.2, 0) is 0 Å². The average Bonchev–Trinajstić information content (AvgIpc) is 1.95. The van der Waals surface area contributed by atoms with Gasteiger partial charge in [0, 0.05) is 0 Å². The van der Waals surface area contributed by atoms with Gasteiger partial charge in [-0.15, -0.1) is 0 Å². The van der Waals surface area contributed by atoms with Gasteiger partial charge < -0.3 is 0 Å². The third-order valence-corrected chi connectivity index (χ3v) is 2.29. The van der Waals surface area contributed by atoms with Gasteiger partial charge in [0.1, 0.15) is 10.0 Å². The van der Waals surface area contributed by atoms with E-state index in [4.69, 9.17) is 11.6 Å². The lowest BCUT2D eigenvalue weighted by Gasteiger charge is -2.04. The van der Waals surface area contributed by atoms with Crippen LogP contribution in [0.3, 0.4) is 0 Å². The third kappa shape index (κ3) is 2.81. The zero-order chi connectivity index (χ0) is 10.9. The van der Waals surface area contributed by atoms with Crippen molar-refractivity contribution in [1.82, 2.24) is 9.97 Å². The van der Waals surface area contributed by atoms with Crippen LogP contribution in [-0.4, -0.2) is 15.5 Å². The van der Waals surface area contributed by atoms with Crippen molar-refractivity contribution >= 4 is 23.4 Å². The van der Waals surface area contributed by atoms with Gasteiger partial charge in [0.05, 0.1) is 0 Å². The minimum absolute atomic E-state index is 0.624. The monoisotopic (exact) mass is 246 g/mol. The van der Waals surface area contributed by atoms with E-state index in [2.05, 4.69) is 0 Å². The molecule has 14 heavy (non-hydrogen) atoms. The summed E-state index contributed by atoms with van der Waals surface area (Å²) < 4.78 is 35.6. The second kappa shape index (κ2) is 3.70. The van der Waals surface area contributed by atoms with Gasteiger partial charge in [-0.1, -0.05) is 11.6 Å². The fourth-order valence-corrected chi connectivity index (χ4v) is 1.46. The van der Waals surface area contributed by atoms with E-state index in [9.17, 15) is 22.8 Å². The Hall–Kier alpha value is -0.890. The van der Waals surface area contributed by atoms with E-state index in [1.165, 1.54) is 0 Å². The summed E-state index contributed by atoms with van der Waals surface area (Å²) in [6, 6.07) is 0. The van der Waals surface area contributed by atoms with Crippen molar-refractivity contribution in [3.63, 3.8) is 0 Å². The molecule has 9 heteroatoms. The van der Waals surface area contributed by atoms with Gasteiger partial charge in [-0.25, -0.2) is 4.79 Å². The van der Waals surface area contributed by atoms with Crippen LogP contribution in [0.1, 0.15) is 0 Å². The molecule has 0 spiro atoms. The van der Waals surface area contributed by atoms with Crippen molar-refractivity contribution in [1.29, 1.82) is 0 Å². The Bertz CT molecular complexity index is 452. The summed E-state index contributed by atoms with van der Waals surface area (Å²) in [5, 5.41) is -0.624.